The van der Waals surface area contributed by atoms with Crippen LogP contribution < -0.4 is 24.8 Å². The Morgan fingerprint density at radius 2 is 0.934 bits per heavy atom. The summed E-state index contributed by atoms with van der Waals surface area (Å²) >= 11 is 0. The van der Waals surface area contributed by atoms with Crippen LogP contribution in [0.25, 0.3) is 0 Å². The highest BCUT2D eigenvalue weighted by Crippen LogP contribution is 2.49. The van der Waals surface area contributed by atoms with Gasteiger partial charge in [-0.3, -0.25) is 33.6 Å². The summed E-state index contributed by atoms with van der Waals surface area (Å²) in [6, 6.07) is 8.51. The van der Waals surface area contributed by atoms with Crippen LogP contribution in [0.15, 0.2) is 35.7 Å². The minimum absolute atomic E-state index is 0.0636. The minimum atomic E-state index is 0.0636. The van der Waals surface area contributed by atoms with E-state index in [1.54, 1.807) is 0 Å². The van der Waals surface area contributed by atoms with Crippen molar-refractivity contribution in [1.82, 2.24) is 24.7 Å². The van der Waals surface area contributed by atoms with E-state index in [1.165, 1.54) is 164 Å². The highest BCUT2D eigenvalue weighted by atomic mass is 16.2. The predicted molar refractivity (Wildman–Crippen MR) is 500 cm³/mol. The second-order valence-electron chi connectivity index (χ2n) is 45.0. The first-order valence-corrected chi connectivity index (χ1v) is 49.1. The van der Waals surface area contributed by atoms with Crippen LogP contribution in [-0.2, 0) is 52.9 Å². The lowest BCUT2D eigenvalue weighted by Crippen LogP contribution is -2.66. The van der Waals surface area contributed by atoms with E-state index in [0.717, 1.165) is 138 Å². The Balaban J connectivity index is 0.000000196. The van der Waals surface area contributed by atoms with Crippen LogP contribution in [0.1, 0.15) is 294 Å². The average Bonchev–Trinajstić information content (AvgIpc) is 1.36. The number of amides is 5. The number of aromatic nitrogens is 3. The van der Waals surface area contributed by atoms with Gasteiger partial charge < -0.3 is 52.6 Å². The second-order valence-corrected chi connectivity index (χ2v) is 45.0. The number of likely N-dealkylation sites (tertiary alicyclic amines) is 5. The lowest BCUT2D eigenvalue weighted by atomic mass is 9.66. The molecule has 21 heteroatoms. The van der Waals surface area contributed by atoms with E-state index in [1.807, 2.05) is 113 Å². The molecule has 2 aromatic heterocycles. The Labute approximate surface area is 744 Å². The fraction of sp³-hybridized carbons (Fsp3) is 0.832. The zero-order chi connectivity index (χ0) is 91.3. The number of pyridine rings is 1. The van der Waals surface area contributed by atoms with E-state index < -0.39 is 0 Å². The molecule has 0 atom stereocenters. The van der Waals surface area contributed by atoms with Crippen LogP contribution in [-0.4, -0.2) is 272 Å². The summed E-state index contributed by atoms with van der Waals surface area (Å²) < 4.78 is 12.8. The Hall–Kier alpha value is -5.61. The summed E-state index contributed by atoms with van der Waals surface area (Å²) in [4.78, 5) is 91.5. The van der Waals surface area contributed by atoms with Crippen molar-refractivity contribution in [3.05, 3.63) is 46.9 Å². The number of ketones is 2. The lowest BCUT2D eigenvalue weighted by Gasteiger charge is -2.56. The number of carbonyl (C=O) groups is 7. The van der Waals surface area contributed by atoms with Gasteiger partial charge in [0.2, 0.25) is 41.4 Å². The highest BCUT2D eigenvalue weighted by Gasteiger charge is 2.53. The Kier molecular flexibility index (Phi) is 36.9. The predicted octanol–water partition coefficient (Wildman–Crippen LogP) is 15.1. The number of Topliss-reactive ketones (excluding diaryl/α,β-unsaturated/α-hetero) is 2. The molecule has 0 unspecified atom stereocenters. The van der Waals surface area contributed by atoms with Crippen LogP contribution in [0.4, 0.5) is 11.5 Å². The van der Waals surface area contributed by atoms with Gasteiger partial charge in [-0.2, -0.15) is 4.57 Å². The van der Waals surface area contributed by atoms with Crippen molar-refractivity contribution < 1.29 is 65.2 Å². The second kappa shape index (κ2) is 43.5. The van der Waals surface area contributed by atoms with Gasteiger partial charge in [-0.1, -0.05) is 96.9 Å². The van der Waals surface area contributed by atoms with Crippen molar-refractivity contribution in [1.29, 1.82) is 0 Å². The zero-order valence-corrected chi connectivity index (χ0v) is 84.1. The number of likely N-dealkylation sites (N-methyl/N-ethyl adjacent to an activating group) is 1. The Morgan fingerprint density at radius 1 is 0.467 bits per heavy atom. The number of hydrogen-bond donors (Lipinski definition) is 2. The maximum absolute atomic E-state index is 12.1. The van der Waals surface area contributed by atoms with Gasteiger partial charge in [-0.05, 0) is 127 Å². The number of carbonyl (C=O) groups excluding carboxylic acids is 7. The fourth-order valence-electron chi connectivity index (χ4n) is 20.9. The van der Waals surface area contributed by atoms with E-state index in [-0.39, 0.29) is 53.2 Å². The molecule has 2 bridgehead atoms. The molecule has 0 radical (unpaired) electrons. The van der Waals surface area contributed by atoms with Gasteiger partial charge in [0.1, 0.15) is 30.3 Å². The quantitative estimate of drug-likeness (QED) is 0.0707. The number of rotatable bonds is 21. The number of nitrogens with zero attached hydrogens (tertiary/aromatic N) is 12. The molecule has 12 aliphatic rings. The van der Waals surface area contributed by atoms with Crippen LogP contribution in [0.3, 0.4) is 0 Å². The smallest absolute Gasteiger partial charge is 0.229 e. The molecule has 2 aromatic rings. The van der Waals surface area contributed by atoms with Gasteiger partial charge in [0, 0.05) is 187 Å². The van der Waals surface area contributed by atoms with Crippen molar-refractivity contribution in [2.75, 3.05) is 169 Å². The van der Waals surface area contributed by atoms with Crippen LogP contribution in [0.5, 0.6) is 0 Å². The number of anilines is 2. The maximum atomic E-state index is 12.1. The van der Waals surface area contributed by atoms with Crippen molar-refractivity contribution in [3.63, 3.8) is 0 Å². The molecule has 21 nitrogen and oxygen atoms in total. The summed E-state index contributed by atoms with van der Waals surface area (Å²) in [6.07, 6.45) is 20.9. The van der Waals surface area contributed by atoms with E-state index in [4.69, 9.17) is 0 Å². The van der Waals surface area contributed by atoms with Gasteiger partial charge in [0.05, 0.1) is 142 Å². The molecule has 694 valence electrons. The molecule has 8 saturated heterocycles. The van der Waals surface area contributed by atoms with Crippen LogP contribution in [0, 0.1) is 57.7 Å². The van der Waals surface area contributed by atoms with E-state index in [2.05, 4.69) is 171 Å². The van der Waals surface area contributed by atoms with E-state index in [0.29, 0.717) is 76.1 Å². The van der Waals surface area contributed by atoms with Crippen molar-refractivity contribution in [2.24, 2.45) is 57.7 Å². The molecule has 5 amide bonds. The number of nitrogens with one attached hydrogen (secondary N) is 2. The van der Waals surface area contributed by atoms with Crippen molar-refractivity contribution >= 4 is 52.6 Å². The summed E-state index contributed by atoms with van der Waals surface area (Å²) in [5.74, 6) is 4.25. The third-order valence-electron chi connectivity index (χ3n) is 32.1. The summed E-state index contributed by atoms with van der Waals surface area (Å²) in [5.41, 5.74) is 7.96. The normalized spacial score (nSPS) is 22.8. The minimum Gasteiger partial charge on any atom is -0.365 e. The van der Waals surface area contributed by atoms with Crippen molar-refractivity contribution in [2.45, 2.75) is 333 Å². The first-order chi connectivity index (χ1) is 56.8. The van der Waals surface area contributed by atoms with Crippen LogP contribution >= 0.6 is 0 Å². The van der Waals surface area contributed by atoms with Gasteiger partial charge in [0.25, 0.3) is 0 Å². The zero-order valence-electron chi connectivity index (χ0n) is 84.1. The third-order valence-corrected chi connectivity index (χ3v) is 32.1. The number of fused-ring (bicyclic) bond motifs is 5. The fourth-order valence-corrected chi connectivity index (χ4v) is 20.9. The summed E-state index contributed by atoms with van der Waals surface area (Å²) in [6.45, 7) is 84.2. The van der Waals surface area contributed by atoms with E-state index in [9.17, 15) is 33.6 Å². The standard InChI is InChI=1S/C17H33N2O.C15H29N2O.C15H28NO.C14H25N2O.C14H21N2O.C13H21N3O.C13H26N2O/c1-14(2)16(20)18-10-6-17(7-11-18)8-12-19(5,13-9-17)15(3)4;1-12(2)14(18)16-10-15(11-16)6-8-17(5,9-7-15)13(3)4;1-12(2)14(17)11-15-5-8-16(9-6-15,10-7-15)13(3)4;1-10(2)14(17)15-6-12-8-16(5,11(3)4)9-13(12)7-15;1-10(2)14(17)16-9-7-13-12(16)6-5-8-15(13)11(3)4;1-9(2)12(17)7-11-8-16(10(3)4)15-6-5-14-13(11)15;1-11(2)13(16)14-7-10-15(12(3)4)8-5-6-9-15/h14-15H,6-13H2,1-5H3;12-13H,6-11H2,1-5H3;12-13H,5-11H2,1-4H3;10-11H,6-9H2,1-5H3;5-6,8,10-11H,7,9H2,1-4H3;8-10H,5-7H2,1-4H3;11-12H,5-10H2,1-4H3/q5*+1;;/p+2. The molecule has 2 N–H and O–H groups in total. The maximum Gasteiger partial charge on any atom is 0.229 e. The highest BCUT2D eigenvalue weighted by molar-refractivity contribution is 5.96. The molecule has 2 spiro atoms. The summed E-state index contributed by atoms with van der Waals surface area (Å²) in [5, 5.41) is 6.41. The first-order valence-electron chi connectivity index (χ1n) is 49.1. The van der Waals surface area contributed by atoms with Crippen molar-refractivity contribution in [3.8, 4) is 0 Å². The third kappa shape index (κ3) is 25.7. The molecular formula is C101H185N14O7+7. The average molecular weight is 1710 g/mol. The number of quaternary nitrogens is 5. The molecule has 12 aliphatic heterocycles. The van der Waals surface area contributed by atoms with Gasteiger partial charge in [0.15, 0.2) is 24.1 Å². The summed E-state index contributed by atoms with van der Waals surface area (Å²) in [7, 11) is 7.12. The lowest BCUT2D eigenvalue weighted by molar-refractivity contribution is -0.964. The molecule has 14 rings (SSSR count). The van der Waals surface area contributed by atoms with Gasteiger partial charge in [-0.25, -0.2) is 0 Å². The molecular weight excluding hydrogens is 1520 g/mol. The first kappa shape index (κ1) is 103. The molecule has 0 aromatic carbocycles. The van der Waals surface area contributed by atoms with Gasteiger partial charge >= 0.3 is 0 Å². The van der Waals surface area contributed by atoms with Crippen LogP contribution in [0.2, 0.25) is 0 Å². The molecule has 122 heavy (non-hydrogen) atoms. The molecule has 0 saturated carbocycles. The Morgan fingerprint density at radius 3 is 1.36 bits per heavy atom. The number of piperidine rings is 6. The topological polar surface area (TPSA) is 169 Å². The molecule has 8 fully saturated rings. The number of hydrogen-bond acceptors (Lipinski definition) is 8. The monoisotopic (exact) mass is 1710 g/mol. The van der Waals surface area contributed by atoms with Gasteiger partial charge in [-0.15, -0.1) is 9.36 Å². The molecule has 14 heterocycles. The SMILES string of the molecule is CC(C)C(=O)CC12CC[N+](C(C)C)(CC1)CC2.CC(C)C(=O)Cc1c[n+](C(C)C)n2c1NCC2.CC(C)C(=O)N1CC2(CC[N+](C)(C(C)C)CC2)C1.CC(C)C(=O)N1CC2=C(C1)C[N+](C)(C(C)C)C2.CC(C)C(=O)N1CCC2(CC1)CC[N+](C)(C(C)C)CC2.CC(C)C(=O)N1CCc2c1ccc[n+]2C(C)C.CC(C)C(=O)NCC[N+]1(C(C)C)CCCC1. The van der Waals surface area contributed by atoms with E-state index >= 15 is 0 Å². The Bertz CT molecular complexity index is 3750. The largest absolute Gasteiger partial charge is 0.365 e. The molecule has 0 aliphatic carbocycles.